The zero-order valence-electron chi connectivity index (χ0n) is 6.24. The van der Waals surface area contributed by atoms with Gasteiger partial charge in [0.15, 0.2) is 0 Å². The Hall–Kier alpha value is -0.920. The van der Waals surface area contributed by atoms with Crippen LogP contribution in [0.5, 0.6) is 0 Å². The second kappa shape index (κ2) is 3.21. The van der Waals surface area contributed by atoms with Crippen molar-refractivity contribution >= 4 is 20.4 Å². The fourth-order valence-electron chi connectivity index (χ4n) is 1.02. The molecule has 2 aromatic rings. The number of aromatic nitrogens is 2. The van der Waals surface area contributed by atoms with Crippen LogP contribution in [0.1, 0.15) is 0 Å². The summed E-state index contributed by atoms with van der Waals surface area (Å²) in [4.78, 5) is 7.10. The number of hydrogen-bond donors (Lipinski definition) is 1. The summed E-state index contributed by atoms with van der Waals surface area (Å²) in [6.07, 6.45) is 3.56. The van der Waals surface area contributed by atoms with Crippen LogP contribution in [0.3, 0.4) is 0 Å². The summed E-state index contributed by atoms with van der Waals surface area (Å²) in [7, 11) is 0.626. The average Bonchev–Trinajstić information content (AvgIpc) is 2.54. The molecule has 0 fully saturated rings. The van der Waals surface area contributed by atoms with Gasteiger partial charge >= 0.3 is 0 Å². The summed E-state index contributed by atoms with van der Waals surface area (Å²) in [5.41, 5.74) is 2.26. The van der Waals surface area contributed by atoms with Gasteiger partial charge in [0.2, 0.25) is 0 Å². The molecule has 1 unspecified atom stereocenters. The molecule has 12 heavy (non-hydrogen) atoms. The molecule has 0 bridgehead atoms. The molecule has 2 aromatic heterocycles. The number of nitrogens with one attached hydrogen (secondary N) is 1. The smallest absolute Gasteiger partial charge is 0.119 e. The van der Waals surface area contributed by atoms with Gasteiger partial charge in [-0.2, -0.15) is 0 Å². The van der Waals surface area contributed by atoms with E-state index in [1.807, 2.05) is 12.1 Å². The lowest BCUT2D eigenvalue weighted by Crippen LogP contribution is -1.76. The van der Waals surface area contributed by atoms with Crippen LogP contribution in [0.15, 0.2) is 30.3 Å². The molecular formula is C8H7N2PS. The van der Waals surface area contributed by atoms with Gasteiger partial charge in [-0.15, -0.1) is 8.19 Å². The zero-order valence-corrected chi connectivity index (χ0v) is 8.06. The van der Waals surface area contributed by atoms with Crippen LogP contribution in [0, 0.1) is 4.37 Å². The first-order valence-electron chi connectivity index (χ1n) is 3.54. The molecule has 0 saturated heterocycles. The second-order valence-corrected chi connectivity index (χ2v) is 4.24. The normalized spacial score (nSPS) is 10.7. The summed E-state index contributed by atoms with van der Waals surface area (Å²) in [5, 5.41) is 0. The highest BCUT2D eigenvalue weighted by Gasteiger charge is 1.95. The van der Waals surface area contributed by atoms with E-state index in [1.165, 1.54) is 0 Å². The van der Waals surface area contributed by atoms with Crippen molar-refractivity contribution in [2.75, 3.05) is 0 Å². The Bertz CT molecular complexity index is 418. The Labute approximate surface area is 76.8 Å². The Balaban J connectivity index is 2.51. The number of pyridine rings is 1. The highest BCUT2D eigenvalue weighted by atomic mass is 32.1. The van der Waals surface area contributed by atoms with Gasteiger partial charge in [-0.05, 0) is 17.9 Å². The highest BCUT2D eigenvalue weighted by molar-refractivity contribution is 7.74. The van der Waals surface area contributed by atoms with E-state index in [-0.39, 0.29) is 0 Å². The maximum Gasteiger partial charge on any atom is 0.119 e. The predicted molar refractivity (Wildman–Crippen MR) is 54.4 cm³/mol. The third-order valence-electron chi connectivity index (χ3n) is 1.59. The Morgan fingerprint density at radius 1 is 1.33 bits per heavy atom. The lowest BCUT2D eigenvalue weighted by Gasteiger charge is -1.93. The second-order valence-electron chi connectivity index (χ2n) is 2.39. The van der Waals surface area contributed by atoms with Crippen molar-refractivity contribution in [1.29, 1.82) is 0 Å². The highest BCUT2D eigenvalue weighted by Crippen LogP contribution is 2.21. The molecule has 0 spiro atoms. The lowest BCUT2D eigenvalue weighted by atomic mass is 10.2. The van der Waals surface area contributed by atoms with Crippen molar-refractivity contribution in [3.8, 4) is 11.3 Å². The quantitative estimate of drug-likeness (QED) is 0.707. The Morgan fingerprint density at radius 3 is 2.67 bits per heavy atom. The molecule has 0 aliphatic carbocycles. The Kier molecular flexibility index (Phi) is 2.07. The standard InChI is InChI=1S/C8H7N2PS/c12-8-10-7(5-11-8)6-1-3-9-4-2-6/h1-5,11H,(H,10,12). The van der Waals surface area contributed by atoms with Gasteiger partial charge < -0.3 is 4.98 Å². The summed E-state index contributed by atoms with van der Waals surface area (Å²) < 4.78 is 0.918. The van der Waals surface area contributed by atoms with Crippen LogP contribution in [0.25, 0.3) is 11.3 Å². The minimum atomic E-state index is 0.626. The molecule has 1 atom stereocenters. The van der Waals surface area contributed by atoms with Crippen molar-refractivity contribution in [2.24, 2.45) is 0 Å². The average molecular weight is 194 g/mol. The number of nitrogens with zero attached hydrogens (tertiary/aromatic N) is 1. The molecule has 1 N–H and O–H groups in total. The molecule has 4 heteroatoms. The van der Waals surface area contributed by atoms with Gasteiger partial charge in [-0.25, -0.2) is 0 Å². The van der Waals surface area contributed by atoms with E-state index < -0.39 is 0 Å². The van der Waals surface area contributed by atoms with E-state index in [4.69, 9.17) is 12.2 Å². The van der Waals surface area contributed by atoms with Gasteiger partial charge in [0.05, 0.1) is 5.69 Å². The monoisotopic (exact) mass is 194 g/mol. The fraction of sp³-hybridized carbons (Fsp3) is 0. The molecule has 0 saturated carbocycles. The van der Waals surface area contributed by atoms with Gasteiger partial charge in [0, 0.05) is 18.0 Å². The maximum atomic E-state index is 5.03. The molecule has 0 aliphatic rings. The third kappa shape index (κ3) is 1.47. The van der Waals surface area contributed by atoms with Gasteiger partial charge in [-0.1, -0.05) is 12.2 Å². The van der Waals surface area contributed by atoms with Crippen molar-refractivity contribution < 1.29 is 0 Å². The summed E-state index contributed by atoms with van der Waals surface area (Å²) in [6.45, 7) is 0. The fourth-order valence-corrected chi connectivity index (χ4v) is 2.03. The molecule has 2 heterocycles. The van der Waals surface area contributed by atoms with Crippen LogP contribution >= 0.6 is 20.4 Å². The first kappa shape index (κ1) is 7.71. The van der Waals surface area contributed by atoms with Gasteiger partial charge in [0.1, 0.15) is 4.37 Å². The van der Waals surface area contributed by atoms with Crippen molar-refractivity contribution in [2.45, 2.75) is 0 Å². The SMILES string of the molecule is S=c1[nH]c(-c2ccncc2)c[pH]1. The molecule has 60 valence electrons. The van der Waals surface area contributed by atoms with Gasteiger partial charge in [0.25, 0.3) is 0 Å². The number of rotatable bonds is 1. The van der Waals surface area contributed by atoms with Crippen molar-refractivity contribution in [1.82, 2.24) is 9.97 Å². The van der Waals surface area contributed by atoms with Crippen molar-refractivity contribution in [3.63, 3.8) is 0 Å². The lowest BCUT2D eigenvalue weighted by molar-refractivity contribution is 1.31. The summed E-state index contributed by atoms with van der Waals surface area (Å²) >= 11 is 5.03. The first-order valence-corrected chi connectivity index (χ1v) is 5.03. The Morgan fingerprint density at radius 2 is 2.08 bits per heavy atom. The largest absolute Gasteiger partial charge is 0.343 e. The minimum Gasteiger partial charge on any atom is -0.343 e. The predicted octanol–water partition coefficient (Wildman–Crippen LogP) is 2.84. The van der Waals surface area contributed by atoms with Crippen molar-refractivity contribution in [3.05, 3.63) is 34.7 Å². The molecule has 2 rings (SSSR count). The van der Waals surface area contributed by atoms with Crippen LogP contribution < -0.4 is 0 Å². The minimum absolute atomic E-state index is 0.626. The number of H-pyrrole nitrogens is 1. The third-order valence-corrected chi connectivity index (χ3v) is 2.86. The molecule has 0 radical (unpaired) electrons. The molecule has 0 aromatic carbocycles. The van der Waals surface area contributed by atoms with Crippen LogP contribution in [-0.4, -0.2) is 9.97 Å². The van der Waals surface area contributed by atoms with E-state index in [2.05, 4.69) is 15.8 Å². The molecule has 0 amide bonds. The van der Waals surface area contributed by atoms with E-state index in [1.54, 1.807) is 12.4 Å². The van der Waals surface area contributed by atoms with E-state index >= 15 is 0 Å². The van der Waals surface area contributed by atoms with Crippen LogP contribution in [-0.2, 0) is 0 Å². The van der Waals surface area contributed by atoms with E-state index in [0.29, 0.717) is 8.19 Å². The number of hydrogen-bond acceptors (Lipinski definition) is 2. The van der Waals surface area contributed by atoms with Crippen LogP contribution in [0.4, 0.5) is 0 Å². The van der Waals surface area contributed by atoms with E-state index in [9.17, 15) is 0 Å². The maximum absolute atomic E-state index is 5.03. The molecular weight excluding hydrogens is 187 g/mol. The summed E-state index contributed by atoms with van der Waals surface area (Å²) in [5.74, 6) is 2.12. The molecule has 2 nitrogen and oxygen atoms in total. The number of aromatic amines is 1. The first-order chi connectivity index (χ1) is 5.86. The molecule has 0 aliphatic heterocycles. The summed E-state index contributed by atoms with van der Waals surface area (Å²) in [6, 6.07) is 3.94. The van der Waals surface area contributed by atoms with E-state index in [0.717, 1.165) is 15.6 Å². The zero-order chi connectivity index (χ0) is 8.39. The van der Waals surface area contributed by atoms with Crippen LogP contribution in [0.2, 0.25) is 0 Å². The van der Waals surface area contributed by atoms with Gasteiger partial charge in [-0.3, -0.25) is 4.98 Å². The topological polar surface area (TPSA) is 28.7 Å².